The number of ether oxygens (including phenoxy) is 3. The Morgan fingerprint density at radius 3 is 2.41 bits per heavy atom. The summed E-state index contributed by atoms with van der Waals surface area (Å²) in [7, 11) is 1.29. The molecule has 0 saturated heterocycles. The van der Waals surface area contributed by atoms with E-state index in [0.29, 0.717) is 5.75 Å². The predicted molar refractivity (Wildman–Crippen MR) is 145 cm³/mol. The summed E-state index contributed by atoms with van der Waals surface area (Å²) in [5, 5.41) is 13.1. The maximum atomic E-state index is 15.6. The van der Waals surface area contributed by atoms with E-state index in [1.165, 1.54) is 25.3 Å². The number of benzene rings is 2. The maximum Gasteiger partial charge on any atom is 0.303 e. The average Bonchev–Trinajstić information content (AvgIpc) is 2.91. The van der Waals surface area contributed by atoms with Crippen LogP contribution < -0.4 is 19.5 Å². The van der Waals surface area contributed by atoms with E-state index >= 15 is 8.78 Å². The van der Waals surface area contributed by atoms with E-state index in [0.717, 1.165) is 19.9 Å². The molecular weight excluding hydrogens is 544 g/mol. The minimum Gasteiger partial charge on any atom is -0.490 e. The molecule has 0 radical (unpaired) electrons. The Morgan fingerprint density at radius 2 is 1.76 bits per heavy atom. The minimum absolute atomic E-state index is 0.0372. The lowest BCUT2D eigenvalue weighted by Crippen LogP contribution is -2.41. The van der Waals surface area contributed by atoms with Crippen molar-refractivity contribution in [3.05, 3.63) is 77.4 Å². The Bertz CT molecular complexity index is 1530. The highest BCUT2D eigenvalue weighted by molar-refractivity contribution is 5.92. The van der Waals surface area contributed by atoms with Crippen molar-refractivity contribution in [2.24, 2.45) is 0 Å². The van der Waals surface area contributed by atoms with Gasteiger partial charge in [-0.3, -0.25) is 4.98 Å². The molecule has 0 amide bonds. The zero-order valence-electron chi connectivity index (χ0n) is 23.1. The molecule has 2 N–H and O–H groups in total. The summed E-state index contributed by atoms with van der Waals surface area (Å²) in [6.45, 7) is 5.07. The Hall–Kier alpha value is -4.19. The number of methoxy groups -OCH3 is 1. The van der Waals surface area contributed by atoms with E-state index in [2.05, 4.69) is 20.3 Å². The zero-order valence-corrected chi connectivity index (χ0v) is 23.1. The van der Waals surface area contributed by atoms with Crippen molar-refractivity contribution in [3.63, 3.8) is 0 Å². The summed E-state index contributed by atoms with van der Waals surface area (Å²) < 4.78 is 77.2. The standard InChI is InChI=1S/C29H30F4N4O4/c1-16(19-9-6-10-21(23(19)30)29(32,33)28(3,4)38)35-27-20-14-22(41-13-12-40-18-8-7-11-34-15-18)26(39-5)24(31)25(20)36-17(2)37-27/h6-11,14-16,38H,12-13H2,1-5H3,(H,35,36,37)/t16-/m1/s1. The SMILES string of the molecule is COc1c(OCCOc2cccnc2)cc2c(N[C@H](C)c3cccc(C(F)(F)C(C)(C)O)c3F)nc(C)nc2c1F. The molecule has 12 heteroatoms. The van der Waals surface area contributed by atoms with Gasteiger partial charge in [0.25, 0.3) is 0 Å². The van der Waals surface area contributed by atoms with Gasteiger partial charge in [-0.15, -0.1) is 0 Å². The summed E-state index contributed by atoms with van der Waals surface area (Å²) in [6.07, 6.45) is 3.15. The van der Waals surface area contributed by atoms with E-state index in [9.17, 15) is 13.9 Å². The molecule has 1 atom stereocenters. The normalized spacial score (nSPS) is 12.7. The molecule has 218 valence electrons. The monoisotopic (exact) mass is 574 g/mol. The first-order valence-corrected chi connectivity index (χ1v) is 12.7. The lowest BCUT2D eigenvalue weighted by Gasteiger charge is -2.30. The van der Waals surface area contributed by atoms with Gasteiger partial charge in [-0.05, 0) is 52.0 Å². The Morgan fingerprint density at radius 1 is 1.02 bits per heavy atom. The van der Waals surface area contributed by atoms with Crippen LogP contribution in [-0.4, -0.2) is 46.0 Å². The molecule has 41 heavy (non-hydrogen) atoms. The first-order valence-electron chi connectivity index (χ1n) is 12.7. The first kappa shape index (κ1) is 29.8. The molecule has 4 rings (SSSR count). The van der Waals surface area contributed by atoms with Crippen LogP contribution in [0.25, 0.3) is 10.9 Å². The summed E-state index contributed by atoms with van der Waals surface area (Å²) in [4.78, 5) is 12.5. The molecular formula is C29H30F4N4O4. The fourth-order valence-electron chi connectivity index (χ4n) is 4.19. The van der Waals surface area contributed by atoms with Crippen LogP contribution in [0.4, 0.5) is 23.4 Å². The highest BCUT2D eigenvalue weighted by atomic mass is 19.3. The molecule has 2 heterocycles. The lowest BCUT2D eigenvalue weighted by atomic mass is 9.91. The van der Waals surface area contributed by atoms with Crippen molar-refractivity contribution in [2.75, 3.05) is 25.6 Å². The maximum absolute atomic E-state index is 15.6. The molecule has 0 aliphatic rings. The fraction of sp³-hybridized carbons (Fsp3) is 0.345. The number of hydrogen-bond donors (Lipinski definition) is 2. The van der Waals surface area contributed by atoms with Crippen molar-refractivity contribution >= 4 is 16.7 Å². The number of anilines is 1. The van der Waals surface area contributed by atoms with Crippen molar-refractivity contribution in [3.8, 4) is 17.2 Å². The molecule has 0 saturated carbocycles. The number of aromatic nitrogens is 3. The van der Waals surface area contributed by atoms with Crippen LogP contribution in [0.2, 0.25) is 0 Å². The number of nitrogens with one attached hydrogen (secondary N) is 1. The van der Waals surface area contributed by atoms with Crippen molar-refractivity contribution in [1.29, 1.82) is 0 Å². The second-order valence-electron chi connectivity index (χ2n) is 9.83. The van der Waals surface area contributed by atoms with Gasteiger partial charge in [-0.1, -0.05) is 12.1 Å². The molecule has 4 aromatic rings. The molecule has 8 nitrogen and oxygen atoms in total. The third kappa shape index (κ3) is 6.12. The molecule has 0 fully saturated rings. The number of halogens is 4. The van der Waals surface area contributed by atoms with Crippen LogP contribution in [0.5, 0.6) is 17.2 Å². The zero-order chi connectivity index (χ0) is 29.9. The second-order valence-corrected chi connectivity index (χ2v) is 9.83. The van der Waals surface area contributed by atoms with Gasteiger partial charge >= 0.3 is 5.92 Å². The Labute approximate surface area is 234 Å². The van der Waals surface area contributed by atoms with Gasteiger partial charge in [-0.25, -0.2) is 18.7 Å². The smallest absolute Gasteiger partial charge is 0.303 e. The van der Waals surface area contributed by atoms with E-state index in [1.807, 2.05) is 0 Å². The van der Waals surface area contributed by atoms with E-state index < -0.39 is 34.8 Å². The number of fused-ring (bicyclic) bond motifs is 1. The second kappa shape index (κ2) is 11.7. The van der Waals surface area contributed by atoms with Gasteiger partial charge in [0, 0.05) is 17.1 Å². The number of nitrogens with zero attached hydrogens (tertiary/aromatic N) is 3. The van der Waals surface area contributed by atoms with Crippen LogP contribution in [-0.2, 0) is 5.92 Å². The van der Waals surface area contributed by atoms with Gasteiger partial charge in [0.05, 0.1) is 24.9 Å². The summed E-state index contributed by atoms with van der Waals surface area (Å²) in [6, 6.07) is 7.57. The first-order chi connectivity index (χ1) is 19.3. The van der Waals surface area contributed by atoms with Gasteiger partial charge < -0.3 is 24.6 Å². The Kier molecular flexibility index (Phi) is 8.52. The number of rotatable bonds is 11. The van der Waals surface area contributed by atoms with E-state index in [4.69, 9.17) is 14.2 Å². The number of aliphatic hydroxyl groups is 1. The largest absolute Gasteiger partial charge is 0.490 e. The Balaban J connectivity index is 1.66. The lowest BCUT2D eigenvalue weighted by molar-refractivity contribution is -0.170. The van der Waals surface area contributed by atoms with Crippen LogP contribution >= 0.6 is 0 Å². The fourth-order valence-corrected chi connectivity index (χ4v) is 4.19. The molecule has 0 aliphatic carbocycles. The number of hydrogen-bond acceptors (Lipinski definition) is 8. The predicted octanol–water partition coefficient (Wildman–Crippen LogP) is 6.11. The number of aryl methyl sites for hydroxylation is 1. The van der Waals surface area contributed by atoms with Crippen molar-refractivity contribution in [2.45, 2.75) is 45.3 Å². The molecule has 0 aliphatic heterocycles. The van der Waals surface area contributed by atoms with E-state index in [1.54, 1.807) is 38.4 Å². The summed E-state index contributed by atoms with van der Waals surface area (Å²) in [5.74, 6) is -5.11. The molecule has 0 spiro atoms. The van der Waals surface area contributed by atoms with Crippen LogP contribution in [0.3, 0.4) is 0 Å². The van der Waals surface area contributed by atoms with Crippen LogP contribution in [0.15, 0.2) is 48.8 Å². The summed E-state index contributed by atoms with van der Waals surface area (Å²) in [5.41, 5.74) is -3.63. The van der Waals surface area contributed by atoms with Gasteiger partial charge in [0.1, 0.15) is 47.5 Å². The summed E-state index contributed by atoms with van der Waals surface area (Å²) >= 11 is 0. The quantitative estimate of drug-likeness (QED) is 0.164. The van der Waals surface area contributed by atoms with Gasteiger partial charge in [0.15, 0.2) is 17.3 Å². The van der Waals surface area contributed by atoms with Crippen LogP contribution in [0.1, 0.15) is 43.8 Å². The van der Waals surface area contributed by atoms with Gasteiger partial charge in [-0.2, -0.15) is 8.78 Å². The third-order valence-corrected chi connectivity index (χ3v) is 6.37. The number of pyridine rings is 1. The van der Waals surface area contributed by atoms with Crippen LogP contribution in [0, 0.1) is 18.6 Å². The molecule has 0 bridgehead atoms. The molecule has 0 unspecified atom stereocenters. The minimum atomic E-state index is -3.86. The third-order valence-electron chi connectivity index (χ3n) is 6.37. The highest BCUT2D eigenvalue weighted by Gasteiger charge is 2.49. The van der Waals surface area contributed by atoms with Gasteiger partial charge in [0.2, 0.25) is 0 Å². The highest BCUT2D eigenvalue weighted by Crippen LogP contribution is 2.42. The van der Waals surface area contributed by atoms with E-state index in [-0.39, 0.29) is 52.8 Å². The molecule has 2 aromatic carbocycles. The number of alkyl halides is 2. The topological polar surface area (TPSA) is 98.6 Å². The van der Waals surface area contributed by atoms with Crippen molar-refractivity contribution in [1.82, 2.24) is 15.0 Å². The molecule has 2 aromatic heterocycles. The van der Waals surface area contributed by atoms with Crippen molar-refractivity contribution < 1.29 is 36.9 Å². The average molecular weight is 575 g/mol.